The number of piperidine rings is 1. The molecule has 338 valence electrons. The van der Waals surface area contributed by atoms with Crippen LogP contribution in [0, 0.1) is 12.3 Å². The highest BCUT2D eigenvalue weighted by Gasteiger charge is 2.39. The summed E-state index contributed by atoms with van der Waals surface area (Å²) in [6, 6.07) is 14.1. The number of amides is 9. The first-order valence-corrected chi connectivity index (χ1v) is 20.9. The van der Waals surface area contributed by atoms with Crippen molar-refractivity contribution in [2.24, 2.45) is 0 Å². The predicted octanol–water partition coefficient (Wildman–Crippen LogP) is 3.78. The van der Waals surface area contributed by atoms with Crippen LogP contribution in [0.15, 0.2) is 60.7 Å². The van der Waals surface area contributed by atoms with Crippen molar-refractivity contribution >= 4 is 70.5 Å². The minimum atomic E-state index is -0.884. The number of carbonyl (C=O) groups is 8. The number of fused-ring (bicyclic) bond motifs is 1. The molecule has 18 nitrogen and oxygen atoms in total. The second kappa shape index (κ2) is 22.4. The van der Waals surface area contributed by atoms with E-state index in [0.29, 0.717) is 40.6 Å². The predicted molar refractivity (Wildman–Crippen MR) is 236 cm³/mol. The average Bonchev–Trinajstić information content (AvgIpc) is 3.57. The molecule has 1 saturated heterocycles. The van der Waals surface area contributed by atoms with Gasteiger partial charge >= 0.3 is 12.1 Å². The van der Waals surface area contributed by atoms with Crippen LogP contribution < -0.4 is 31.9 Å². The first-order valence-electron chi connectivity index (χ1n) is 20.5. The van der Waals surface area contributed by atoms with Gasteiger partial charge in [0.05, 0.1) is 19.6 Å². The molecule has 5 rings (SSSR count). The third-order valence-corrected chi connectivity index (χ3v) is 10.8. The second-order valence-electron chi connectivity index (χ2n) is 15.3. The van der Waals surface area contributed by atoms with Gasteiger partial charge < -0.3 is 45.9 Å². The molecule has 0 spiro atoms. The maximum Gasteiger partial charge on any atom is 0.410 e. The fourth-order valence-corrected chi connectivity index (χ4v) is 7.13. The van der Waals surface area contributed by atoms with Gasteiger partial charge in [0, 0.05) is 62.0 Å². The van der Waals surface area contributed by atoms with Crippen LogP contribution in [-0.4, -0.2) is 102 Å². The molecule has 4 atom stereocenters. The Bertz CT molecular complexity index is 2320. The Morgan fingerprint density at radius 2 is 1.66 bits per heavy atom. The van der Waals surface area contributed by atoms with E-state index in [0.717, 1.165) is 16.7 Å². The van der Waals surface area contributed by atoms with Crippen LogP contribution in [0.25, 0.3) is 0 Å². The van der Waals surface area contributed by atoms with Crippen LogP contribution in [0.4, 0.5) is 21.0 Å². The number of nitrogens with zero attached hydrogens (tertiary/aromatic N) is 2. The number of carbonyl (C=O) groups excluding carboxylic acids is 8. The van der Waals surface area contributed by atoms with Crippen LogP contribution in [0.2, 0.25) is 5.02 Å². The molecule has 1 fully saturated rings. The fraction of sp³-hybridized carbons (Fsp3) is 0.378. The molecule has 0 aromatic heterocycles. The Kier molecular flexibility index (Phi) is 16.8. The molecule has 2 unspecified atom stereocenters. The van der Waals surface area contributed by atoms with E-state index in [4.69, 9.17) is 27.5 Å². The van der Waals surface area contributed by atoms with Crippen LogP contribution in [0.3, 0.4) is 0 Å². The number of imide groups is 1. The number of ether oxygens (including phenoxy) is 2. The number of terminal acetylenes is 1. The molecule has 0 radical (unpaired) electrons. The first kappa shape index (κ1) is 48.1. The van der Waals surface area contributed by atoms with Gasteiger partial charge in [-0.2, -0.15) is 0 Å². The van der Waals surface area contributed by atoms with Crippen molar-refractivity contribution in [3.8, 4) is 12.3 Å². The van der Waals surface area contributed by atoms with Gasteiger partial charge in [0.25, 0.3) is 5.91 Å². The number of urea groups is 1. The standard InChI is InChI=1S/C45H51ClN8O10/c1-6-7-38(31-10-12-33(13-11-31)50-41(58)27(3)49-40(57)26(2)48-28(4)55)64-45(62)53(5)19-21-63-20-18-30-9-14-34(23-36(30)46)51-44(61)47-24-29-8-15-35-32(22-29)25-54(43(35)60)37-16-17-39(56)52-42(37)59/h1,8-15,22-23,26-27,37-38H,7,16-21,24-25H2,2-5H3,(H,48,55)(H,49,57)(H,50,58)(H2,47,51,61)(H,52,56,59)/t26-,27-,37?,38?/m0/s1. The SMILES string of the molecule is C#CCC(OC(=O)N(C)CCOCCc1ccc(NC(=O)NCc2ccc3c(c2)CN(C2CCC(=O)NC2=O)C3=O)cc1Cl)c1ccc(NC(=O)[C@H](C)NC(=O)[C@H](C)NC(C)=O)cc1. The fourth-order valence-electron chi connectivity index (χ4n) is 6.85. The smallest absolute Gasteiger partial charge is 0.410 e. The van der Waals surface area contributed by atoms with Gasteiger partial charge in [-0.05, 0) is 79.3 Å². The topological polar surface area (TPSA) is 234 Å². The molecule has 0 aliphatic carbocycles. The van der Waals surface area contributed by atoms with Gasteiger partial charge in [-0.1, -0.05) is 41.9 Å². The molecule has 3 aromatic rings. The molecule has 2 heterocycles. The van der Waals surface area contributed by atoms with Crippen molar-refractivity contribution in [3.05, 3.63) is 93.5 Å². The number of halogens is 1. The maximum atomic E-state index is 13.0. The van der Waals surface area contributed by atoms with Crippen molar-refractivity contribution in [1.29, 1.82) is 0 Å². The van der Waals surface area contributed by atoms with Crippen LogP contribution in [-0.2, 0) is 53.0 Å². The van der Waals surface area contributed by atoms with Crippen LogP contribution in [0.1, 0.15) is 78.7 Å². The molecule has 3 aromatic carbocycles. The monoisotopic (exact) mass is 898 g/mol. The van der Waals surface area contributed by atoms with Crippen molar-refractivity contribution in [1.82, 2.24) is 31.1 Å². The lowest BCUT2D eigenvalue weighted by molar-refractivity contribution is -0.137. The van der Waals surface area contributed by atoms with Gasteiger partial charge in [-0.25, -0.2) is 9.59 Å². The maximum absolute atomic E-state index is 13.0. The molecule has 0 saturated carbocycles. The highest BCUT2D eigenvalue weighted by atomic mass is 35.5. The molecular weight excluding hydrogens is 848 g/mol. The number of benzene rings is 3. The van der Waals surface area contributed by atoms with Gasteiger partial charge in [0.2, 0.25) is 29.5 Å². The number of hydrogen-bond acceptors (Lipinski definition) is 10. The minimum Gasteiger partial charge on any atom is -0.440 e. The second-order valence-corrected chi connectivity index (χ2v) is 15.7. The van der Waals surface area contributed by atoms with Crippen LogP contribution in [0.5, 0.6) is 0 Å². The highest BCUT2D eigenvalue weighted by Crippen LogP contribution is 2.29. The van der Waals surface area contributed by atoms with Crippen LogP contribution >= 0.6 is 11.6 Å². The third kappa shape index (κ3) is 13.3. The van der Waals surface area contributed by atoms with E-state index in [2.05, 4.69) is 37.8 Å². The average molecular weight is 899 g/mol. The quantitative estimate of drug-likeness (QED) is 0.0615. The Hall–Kier alpha value is -6.97. The molecule has 64 heavy (non-hydrogen) atoms. The van der Waals surface area contributed by atoms with E-state index < -0.39 is 54.1 Å². The molecule has 6 N–H and O–H groups in total. The summed E-state index contributed by atoms with van der Waals surface area (Å²) in [6.07, 6.45) is 5.21. The Balaban J connectivity index is 0.996. The molecule has 2 aliphatic heterocycles. The van der Waals surface area contributed by atoms with Gasteiger partial charge in [-0.15, -0.1) is 12.3 Å². The third-order valence-electron chi connectivity index (χ3n) is 10.4. The number of hydrogen-bond donors (Lipinski definition) is 6. The van der Waals surface area contributed by atoms with Gasteiger partial charge in [-0.3, -0.25) is 34.1 Å². The van der Waals surface area contributed by atoms with E-state index in [9.17, 15) is 38.4 Å². The number of rotatable bonds is 18. The molecule has 19 heteroatoms. The Morgan fingerprint density at radius 1 is 0.938 bits per heavy atom. The summed E-state index contributed by atoms with van der Waals surface area (Å²) < 4.78 is 11.5. The lowest BCUT2D eigenvalue weighted by Crippen LogP contribution is -2.52. The molecule has 0 bridgehead atoms. The van der Waals surface area contributed by atoms with Gasteiger partial charge in [0.15, 0.2) is 0 Å². The summed E-state index contributed by atoms with van der Waals surface area (Å²) >= 11 is 6.52. The van der Waals surface area contributed by atoms with E-state index >= 15 is 0 Å². The lowest BCUT2D eigenvalue weighted by atomic mass is 10.0. The molecule has 2 aliphatic rings. The first-order chi connectivity index (χ1) is 30.5. The molecular formula is C45H51ClN8O10. The summed E-state index contributed by atoms with van der Waals surface area (Å²) in [5.74, 6) is 0.0729. The number of anilines is 2. The zero-order valence-electron chi connectivity index (χ0n) is 35.9. The Morgan fingerprint density at radius 3 is 2.34 bits per heavy atom. The molecule has 9 amide bonds. The lowest BCUT2D eigenvalue weighted by Gasteiger charge is -2.29. The van der Waals surface area contributed by atoms with Gasteiger partial charge in [0.1, 0.15) is 24.2 Å². The van der Waals surface area contributed by atoms with Crippen molar-refractivity contribution < 1.29 is 47.8 Å². The van der Waals surface area contributed by atoms with E-state index in [1.54, 1.807) is 61.6 Å². The zero-order chi connectivity index (χ0) is 46.5. The number of likely N-dealkylation sites (N-methyl/N-ethyl adjacent to an activating group) is 1. The van der Waals surface area contributed by atoms with Crippen molar-refractivity contribution in [3.63, 3.8) is 0 Å². The van der Waals surface area contributed by atoms with Crippen molar-refractivity contribution in [2.45, 2.75) is 83.8 Å². The zero-order valence-corrected chi connectivity index (χ0v) is 36.6. The van der Waals surface area contributed by atoms with Crippen molar-refractivity contribution in [2.75, 3.05) is 37.4 Å². The normalized spacial score (nSPS) is 15.7. The van der Waals surface area contributed by atoms with E-state index in [1.165, 1.54) is 30.6 Å². The number of nitrogens with one attached hydrogen (secondary N) is 6. The summed E-state index contributed by atoms with van der Waals surface area (Å²) in [5.41, 5.74) is 4.29. The summed E-state index contributed by atoms with van der Waals surface area (Å²) in [5, 5.41) is 16.0. The summed E-state index contributed by atoms with van der Waals surface area (Å²) in [7, 11) is 1.57. The Labute approximate surface area is 375 Å². The minimum absolute atomic E-state index is 0.104. The largest absolute Gasteiger partial charge is 0.440 e. The van der Waals surface area contributed by atoms with E-state index in [-0.39, 0.29) is 63.2 Å². The summed E-state index contributed by atoms with van der Waals surface area (Å²) in [6.45, 7) is 5.46. The highest BCUT2D eigenvalue weighted by molar-refractivity contribution is 6.31. The summed E-state index contributed by atoms with van der Waals surface area (Å²) in [4.78, 5) is 101. The van der Waals surface area contributed by atoms with E-state index in [1.807, 2.05) is 6.07 Å².